The number of pyridine rings is 1. The summed E-state index contributed by atoms with van der Waals surface area (Å²) in [5.41, 5.74) is 0.494. The Morgan fingerprint density at radius 2 is 2.30 bits per heavy atom. The number of thioether (sulfide) groups is 1. The summed E-state index contributed by atoms with van der Waals surface area (Å²) in [6.07, 6.45) is 2.28. The molecule has 118 valence electrons. The molecule has 0 unspecified atom stereocenters. The number of anilines is 1. The van der Waals surface area contributed by atoms with E-state index in [-0.39, 0.29) is 16.8 Å². The van der Waals surface area contributed by atoms with Crippen LogP contribution in [0.25, 0.3) is 0 Å². The third-order valence-electron chi connectivity index (χ3n) is 2.80. The summed E-state index contributed by atoms with van der Waals surface area (Å²) in [7, 11) is 0. The number of H-pyrrole nitrogens is 1. The Labute approximate surface area is 145 Å². The normalized spacial score (nSPS) is 10.7. The van der Waals surface area contributed by atoms with E-state index in [2.05, 4.69) is 25.5 Å². The molecule has 0 aliphatic carbocycles. The fraction of sp³-hybridized carbons (Fsp3) is 0.143. The van der Waals surface area contributed by atoms with Gasteiger partial charge in [0, 0.05) is 17.5 Å². The molecule has 3 rings (SSSR count). The summed E-state index contributed by atoms with van der Waals surface area (Å²) in [5, 5.41) is 12.5. The van der Waals surface area contributed by atoms with E-state index < -0.39 is 0 Å². The highest BCUT2D eigenvalue weighted by Gasteiger charge is 2.10. The molecule has 3 aromatic heterocycles. The van der Waals surface area contributed by atoms with Crippen molar-refractivity contribution in [1.29, 1.82) is 0 Å². The lowest BCUT2D eigenvalue weighted by molar-refractivity contribution is -0.113. The molecule has 0 spiro atoms. The van der Waals surface area contributed by atoms with Gasteiger partial charge in [-0.15, -0.1) is 16.4 Å². The Kier molecular flexibility index (Phi) is 5.27. The Morgan fingerprint density at radius 3 is 3.09 bits per heavy atom. The van der Waals surface area contributed by atoms with Gasteiger partial charge in [0.15, 0.2) is 5.15 Å². The molecule has 0 saturated heterocycles. The zero-order chi connectivity index (χ0) is 16.1. The first-order valence-electron chi connectivity index (χ1n) is 6.67. The van der Waals surface area contributed by atoms with E-state index in [1.165, 1.54) is 16.6 Å². The molecule has 23 heavy (non-hydrogen) atoms. The molecule has 0 aromatic carbocycles. The fourth-order valence-electron chi connectivity index (χ4n) is 1.80. The third kappa shape index (κ3) is 4.54. The molecule has 3 heterocycles. The number of hydrogen-bond donors (Lipinski definition) is 2. The van der Waals surface area contributed by atoms with Gasteiger partial charge in [-0.2, -0.15) is 0 Å². The number of hydrogen-bond acceptors (Lipinski definition) is 6. The maximum atomic E-state index is 11.9. The van der Waals surface area contributed by atoms with E-state index in [0.717, 1.165) is 5.82 Å². The van der Waals surface area contributed by atoms with Crippen LogP contribution in [0.15, 0.2) is 41.0 Å². The van der Waals surface area contributed by atoms with Gasteiger partial charge < -0.3 is 5.32 Å². The number of halogens is 1. The van der Waals surface area contributed by atoms with E-state index in [4.69, 9.17) is 11.6 Å². The maximum absolute atomic E-state index is 11.9. The number of carbonyl (C=O) groups is 1. The largest absolute Gasteiger partial charge is 0.323 e. The summed E-state index contributed by atoms with van der Waals surface area (Å²) in [6, 6.07) is 7.45. The molecule has 0 aliphatic rings. The van der Waals surface area contributed by atoms with Crippen LogP contribution in [0, 0.1) is 0 Å². The highest BCUT2D eigenvalue weighted by Crippen LogP contribution is 2.19. The second-order valence-electron chi connectivity index (χ2n) is 4.50. The number of thiophene rings is 1. The first-order valence-corrected chi connectivity index (χ1v) is 8.92. The van der Waals surface area contributed by atoms with Crippen molar-refractivity contribution in [3.8, 4) is 0 Å². The number of amides is 1. The second kappa shape index (κ2) is 7.58. The van der Waals surface area contributed by atoms with Gasteiger partial charge in [-0.05, 0) is 23.6 Å². The van der Waals surface area contributed by atoms with E-state index in [0.29, 0.717) is 17.3 Å². The lowest BCUT2D eigenvalue weighted by Crippen LogP contribution is -2.14. The first kappa shape index (κ1) is 16.0. The highest BCUT2D eigenvalue weighted by atomic mass is 35.5. The van der Waals surface area contributed by atoms with Crippen LogP contribution in [0.4, 0.5) is 5.69 Å². The maximum Gasteiger partial charge on any atom is 0.234 e. The Bertz CT molecular complexity index is 790. The SMILES string of the molecule is O=C(CSc1n[nH]c(Cc2cccs2)n1)Nc1cccnc1Cl. The molecule has 0 bridgehead atoms. The lowest BCUT2D eigenvalue weighted by Gasteiger charge is -2.04. The third-order valence-corrected chi connectivity index (χ3v) is 4.82. The molecular formula is C14H12ClN5OS2. The minimum Gasteiger partial charge on any atom is -0.323 e. The van der Waals surface area contributed by atoms with Crippen molar-refractivity contribution in [3.63, 3.8) is 0 Å². The van der Waals surface area contributed by atoms with Crippen LogP contribution < -0.4 is 5.32 Å². The summed E-state index contributed by atoms with van der Waals surface area (Å²) in [5.74, 6) is 0.793. The molecule has 3 aromatic rings. The van der Waals surface area contributed by atoms with Gasteiger partial charge in [-0.25, -0.2) is 9.97 Å². The molecule has 9 heteroatoms. The van der Waals surface area contributed by atoms with Gasteiger partial charge in [-0.1, -0.05) is 29.4 Å². The average molecular weight is 366 g/mol. The highest BCUT2D eigenvalue weighted by molar-refractivity contribution is 7.99. The van der Waals surface area contributed by atoms with Gasteiger partial charge >= 0.3 is 0 Å². The van der Waals surface area contributed by atoms with Crippen LogP contribution in [0.5, 0.6) is 0 Å². The Hall–Kier alpha value is -1.90. The van der Waals surface area contributed by atoms with Crippen LogP contribution in [-0.4, -0.2) is 31.8 Å². The molecule has 0 saturated carbocycles. The summed E-state index contributed by atoms with van der Waals surface area (Å²) < 4.78 is 0. The number of nitrogens with zero attached hydrogens (tertiary/aromatic N) is 3. The van der Waals surface area contributed by atoms with Crippen LogP contribution in [0.1, 0.15) is 10.7 Å². The minimum absolute atomic E-state index is 0.186. The zero-order valence-corrected chi connectivity index (χ0v) is 14.2. The van der Waals surface area contributed by atoms with Crippen molar-refractivity contribution in [2.75, 3.05) is 11.1 Å². The predicted octanol–water partition coefficient (Wildman–Crippen LogP) is 3.24. The van der Waals surface area contributed by atoms with Crippen LogP contribution in [0.2, 0.25) is 5.15 Å². The van der Waals surface area contributed by atoms with E-state index in [1.807, 2.05) is 17.5 Å². The van der Waals surface area contributed by atoms with Gasteiger partial charge in [-0.3, -0.25) is 9.89 Å². The minimum atomic E-state index is -0.186. The predicted molar refractivity (Wildman–Crippen MR) is 92.1 cm³/mol. The van der Waals surface area contributed by atoms with E-state index in [9.17, 15) is 4.79 Å². The lowest BCUT2D eigenvalue weighted by atomic mass is 10.3. The van der Waals surface area contributed by atoms with Crippen molar-refractivity contribution in [2.45, 2.75) is 11.6 Å². The molecule has 0 aliphatic heterocycles. The van der Waals surface area contributed by atoms with E-state index >= 15 is 0 Å². The molecule has 1 amide bonds. The number of rotatable bonds is 6. The van der Waals surface area contributed by atoms with Gasteiger partial charge in [0.25, 0.3) is 0 Å². The Morgan fingerprint density at radius 1 is 1.39 bits per heavy atom. The Balaban J connectivity index is 1.51. The summed E-state index contributed by atoms with van der Waals surface area (Å²) >= 11 is 8.83. The molecule has 2 N–H and O–H groups in total. The number of aromatic amines is 1. The number of nitrogens with one attached hydrogen (secondary N) is 2. The van der Waals surface area contributed by atoms with Crippen LogP contribution in [-0.2, 0) is 11.2 Å². The molecular weight excluding hydrogens is 354 g/mol. The first-order chi connectivity index (χ1) is 11.2. The topological polar surface area (TPSA) is 83.6 Å². The van der Waals surface area contributed by atoms with Gasteiger partial charge in [0.2, 0.25) is 11.1 Å². The van der Waals surface area contributed by atoms with Gasteiger partial charge in [0.1, 0.15) is 5.82 Å². The summed E-state index contributed by atoms with van der Waals surface area (Å²) in [4.78, 5) is 21.4. The standard InChI is InChI=1S/C14H12ClN5OS2/c15-13-10(4-1-5-16-13)17-12(21)8-23-14-18-11(19-20-14)7-9-3-2-6-22-9/h1-6H,7-8H2,(H,17,21)(H,18,19,20). The summed E-state index contributed by atoms with van der Waals surface area (Å²) in [6.45, 7) is 0. The quantitative estimate of drug-likeness (QED) is 0.517. The number of carbonyl (C=O) groups excluding carboxylic acids is 1. The van der Waals surface area contributed by atoms with Crippen molar-refractivity contribution in [1.82, 2.24) is 20.2 Å². The van der Waals surface area contributed by atoms with Crippen LogP contribution >= 0.6 is 34.7 Å². The fourth-order valence-corrected chi connectivity index (χ4v) is 3.29. The monoisotopic (exact) mass is 365 g/mol. The zero-order valence-electron chi connectivity index (χ0n) is 11.8. The molecule has 0 atom stereocenters. The molecule has 0 radical (unpaired) electrons. The van der Waals surface area contributed by atoms with Crippen molar-refractivity contribution < 1.29 is 4.79 Å². The molecule has 0 fully saturated rings. The van der Waals surface area contributed by atoms with Crippen molar-refractivity contribution >= 4 is 46.3 Å². The smallest absolute Gasteiger partial charge is 0.234 e. The second-order valence-corrected chi connectivity index (χ2v) is 6.83. The average Bonchev–Trinajstić information content (AvgIpc) is 3.20. The van der Waals surface area contributed by atoms with E-state index in [1.54, 1.807) is 29.7 Å². The van der Waals surface area contributed by atoms with Crippen LogP contribution in [0.3, 0.4) is 0 Å². The molecule has 6 nitrogen and oxygen atoms in total. The van der Waals surface area contributed by atoms with Gasteiger partial charge in [0.05, 0.1) is 11.4 Å². The van der Waals surface area contributed by atoms with Crippen molar-refractivity contribution in [3.05, 3.63) is 51.7 Å². The van der Waals surface area contributed by atoms with Crippen molar-refractivity contribution in [2.24, 2.45) is 0 Å². The number of aromatic nitrogens is 4.